The lowest BCUT2D eigenvalue weighted by molar-refractivity contribution is -0.146. The van der Waals surface area contributed by atoms with Gasteiger partial charge >= 0.3 is 11.9 Å². The van der Waals surface area contributed by atoms with Crippen LogP contribution in [0.4, 0.5) is 5.69 Å². The zero-order chi connectivity index (χ0) is 27.5. The summed E-state index contributed by atoms with van der Waals surface area (Å²) in [4.78, 5) is 23.1. The van der Waals surface area contributed by atoms with Crippen LogP contribution in [-0.4, -0.2) is 27.0 Å². The van der Waals surface area contributed by atoms with E-state index in [9.17, 15) is 18.0 Å². The van der Waals surface area contributed by atoms with Gasteiger partial charge in [0.05, 0.1) is 10.6 Å². The number of rotatable bonds is 12. The lowest BCUT2D eigenvalue weighted by Crippen LogP contribution is -2.17. The van der Waals surface area contributed by atoms with Crippen LogP contribution in [0.1, 0.15) is 43.1 Å². The molecule has 3 aromatic carbocycles. The molecule has 0 bridgehead atoms. The summed E-state index contributed by atoms with van der Waals surface area (Å²) in [6, 6.07) is 21.0. The molecule has 1 unspecified atom stereocenters. The normalized spacial score (nSPS) is 12.1. The molecule has 0 aliphatic rings. The first-order valence-corrected chi connectivity index (χ1v) is 13.5. The Labute approximate surface area is 223 Å². The maximum Gasteiger partial charge on any atom is 0.303 e. The second-order valence-electron chi connectivity index (χ2n) is 8.55. The van der Waals surface area contributed by atoms with Gasteiger partial charge < -0.3 is 14.2 Å². The summed E-state index contributed by atoms with van der Waals surface area (Å²) in [5.74, 6) is -0.475. The van der Waals surface area contributed by atoms with Gasteiger partial charge in [0.2, 0.25) is 0 Å². The van der Waals surface area contributed by atoms with Crippen LogP contribution >= 0.6 is 0 Å². The van der Waals surface area contributed by atoms with Crippen LogP contribution in [0.2, 0.25) is 0 Å². The Bertz CT molecular complexity index is 1370. The number of carbonyl (C=O) groups is 2. The number of hydrogen-bond donors (Lipinski definition) is 1. The standard InChI is InChI=1S/C29H31NO7S/c1-21-12-15-26(16-13-21)38(33,34)30-28-17-14-25(36-20-24-9-5-4-6-10-24)19-27(28)29(37-23(3)32)11-7-8-18-35-22(2)31/h4-10,12-17,19,29-30H,11,18,20H2,1-3H3/b8-7-. The third kappa shape index (κ3) is 8.77. The Hall–Kier alpha value is -4.11. The molecule has 3 rings (SSSR count). The van der Waals surface area contributed by atoms with Crippen molar-refractivity contribution in [3.8, 4) is 5.75 Å². The van der Waals surface area contributed by atoms with Gasteiger partial charge in [-0.1, -0.05) is 60.2 Å². The fourth-order valence-electron chi connectivity index (χ4n) is 3.54. The number of aryl methyl sites for hydroxylation is 1. The SMILES string of the molecule is CC(=O)OC/C=C\CC(OC(C)=O)c1cc(OCc2ccccc2)ccc1NS(=O)(=O)c1ccc(C)cc1. The molecule has 1 atom stereocenters. The molecule has 0 saturated carbocycles. The third-order valence-electron chi connectivity index (χ3n) is 5.40. The second kappa shape index (κ2) is 13.4. The van der Waals surface area contributed by atoms with Crippen LogP contribution in [0.3, 0.4) is 0 Å². The molecule has 1 N–H and O–H groups in total. The molecule has 0 aliphatic carbocycles. The summed E-state index contributed by atoms with van der Waals surface area (Å²) in [6.45, 7) is 4.82. The van der Waals surface area contributed by atoms with E-state index in [4.69, 9.17) is 14.2 Å². The number of nitrogens with one attached hydrogen (secondary N) is 1. The number of carbonyl (C=O) groups excluding carboxylic acids is 2. The highest BCUT2D eigenvalue weighted by molar-refractivity contribution is 7.92. The summed E-state index contributed by atoms with van der Waals surface area (Å²) >= 11 is 0. The number of hydrogen-bond acceptors (Lipinski definition) is 7. The fourth-order valence-corrected chi connectivity index (χ4v) is 4.63. The van der Waals surface area contributed by atoms with Gasteiger partial charge in [0.25, 0.3) is 10.0 Å². The van der Waals surface area contributed by atoms with Crippen molar-refractivity contribution in [1.29, 1.82) is 0 Å². The van der Waals surface area contributed by atoms with E-state index in [2.05, 4.69) is 4.72 Å². The molecule has 3 aromatic rings. The van der Waals surface area contributed by atoms with Crippen LogP contribution in [0, 0.1) is 6.92 Å². The van der Waals surface area contributed by atoms with Crippen molar-refractivity contribution in [2.75, 3.05) is 11.3 Å². The molecule has 9 heteroatoms. The molecule has 0 fully saturated rings. The Morgan fingerprint density at radius 1 is 0.921 bits per heavy atom. The maximum absolute atomic E-state index is 13.2. The van der Waals surface area contributed by atoms with Gasteiger partial charge in [0, 0.05) is 25.8 Å². The molecule has 200 valence electrons. The summed E-state index contributed by atoms with van der Waals surface area (Å²) in [5, 5.41) is 0. The van der Waals surface area contributed by atoms with Gasteiger partial charge in [-0.2, -0.15) is 0 Å². The maximum atomic E-state index is 13.2. The highest BCUT2D eigenvalue weighted by atomic mass is 32.2. The molecular weight excluding hydrogens is 506 g/mol. The number of anilines is 1. The molecule has 0 aliphatic heterocycles. The summed E-state index contributed by atoms with van der Waals surface area (Å²) < 4.78 is 45.4. The minimum atomic E-state index is -3.93. The van der Waals surface area contributed by atoms with Gasteiger partial charge in [-0.05, 0) is 42.8 Å². The average molecular weight is 538 g/mol. The Balaban J connectivity index is 1.94. The van der Waals surface area contributed by atoms with Crippen LogP contribution in [0.15, 0.2) is 89.8 Å². The Kier molecular flexibility index (Phi) is 10.1. The third-order valence-corrected chi connectivity index (χ3v) is 6.78. The zero-order valence-electron chi connectivity index (χ0n) is 21.5. The monoisotopic (exact) mass is 537 g/mol. The number of ether oxygens (including phenoxy) is 3. The van der Waals surface area contributed by atoms with Gasteiger partial charge in [-0.3, -0.25) is 14.3 Å². The Morgan fingerprint density at radius 2 is 1.63 bits per heavy atom. The fraction of sp³-hybridized carbons (Fsp3) is 0.241. The highest BCUT2D eigenvalue weighted by Crippen LogP contribution is 2.34. The average Bonchev–Trinajstić information content (AvgIpc) is 2.87. The van der Waals surface area contributed by atoms with Crippen LogP contribution in [0.25, 0.3) is 0 Å². The minimum absolute atomic E-state index is 0.0647. The van der Waals surface area contributed by atoms with Crippen molar-refractivity contribution < 1.29 is 32.2 Å². The molecule has 0 heterocycles. The molecule has 0 amide bonds. The summed E-state index contributed by atoms with van der Waals surface area (Å²) in [5.41, 5.74) is 2.55. The van der Waals surface area contributed by atoms with E-state index in [0.29, 0.717) is 17.9 Å². The van der Waals surface area contributed by atoms with Crippen LogP contribution in [-0.2, 0) is 35.7 Å². The van der Waals surface area contributed by atoms with E-state index in [1.165, 1.54) is 26.0 Å². The quantitative estimate of drug-likeness (QED) is 0.240. The molecule has 0 saturated heterocycles. The van der Waals surface area contributed by atoms with E-state index >= 15 is 0 Å². The van der Waals surface area contributed by atoms with E-state index in [0.717, 1.165) is 11.1 Å². The van der Waals surface area contributed by atoms with Gasteiger partial charge in [-0.15, -0.1) is 0 Å². The number of benzene rings is 3. The molecule has 8 nitrogen and oxygen atoms in total. The van der Waals surface area contributed by atoms with Crippen molar-refractivity contribution in [3.63, 3.8) is 0 Å². The van der Waals surface area contributed by atoms with Gasteiger partial charge in [-0.25, -0.2) is 8.42 Å². The smallest absolute Gasteiger partial charge is 0.303 e. The molecular formula is C29H31NO7S. The van der Waals surface area contributed by atoms with Crippen molar-refractivity contribution in [2.24, 2.45) is 0 Å². The first-order valence-electron chi connectivity index (χ1n) is 12.0. The van der Waals surface area contributed by atoms with Crippen molar-refractivity contribution >= 4 is 27.6 Å². The first kappa shape index (κ1) is 28.5. The zero-order valence-corrected chi connectivity index (χ0v) is 22.4. The van der Waals surface area contributed by atoms with Crippen LogP contribution < -0.4 is 9.46 Å². The topological polar surface area (TPSA) is 108 Å². The molecule has 0 radical (unpaired) electrons. The van der Waals surface area contributed by atoms with E-state index in [-0.39, 0.29) is 23.6 Å². The molecule has 0 spiro atoms. The van der Waals surface area contributed by atoms with Gasteiger partial charge in [0.15, 0.2) is 0 Å². The molecule has 38 heavy (non-hydrogen) atoms. The van der Waals surface area contributed by atoms with Gasteiger partial charge in [0.1, 0.15) is 25.1 Å². The van der Waals surface area contributed by atoms with E-state index in [1.54, 1.807) is 42.5 Å². The van der Waals surface area contributed by atoms with Crippen molar-refractivity contribution in [2.45, 2.75) is 44.8 Å². The summed E-state index contributed by atoms with van der Waals surface area (Å²) in [6.07, 6.45) is 2.70. The minimum Gasteiger partial charge on any atom is -0.489 e. The summed E-state index contributed by atoms with van der Waals surface area (Å²) in [7, 11) is -3.93. The van der Waals surface area contributed by atoms with Crippen LogP contribution in [0.5, 0.6) is 5.75 Å². The number of esters is 2. The largest absolute Gasteiger partial charge is 0.489 e. The lowest BCUT2D eigenvalue weighted by Gasteiger charge is -2.21. The Morgan fingerprint density at radius 3 is 2.29 bits per heavy atom. The molecule has 0 aromatic heterocycles. The van der Waals surface area contributed by atoms with Crippen molar-refractivity contribution in [3.05, 3.63) is 102 Å². The van der Waals surface area contributed by atoms with E-state index in [1.807, 2.05) is 37.3 Å². The predicted octanol–water partition coefficient (Wildman–Crippen LogP) is 5.49. The highest BCUT2D eigenvalue weighted by Gasteiger charge is 2.23. The van der Waals surface area contributed by atoms with Crippen molar-refractivity contribution in [1.82, 2.24) is 0 Å². The number of sulfonamides is 1. The first-order chi connectivity index (χ1) is 18.1. The lowest BCUT2D eigenvalue weighted by atomic mass is 10.0. The predicted molar refractivity (Wildman–Crippen MR) is 144 cm³/mol. The van der Waals surface area contributed by atoms with E-state index < -0.39 is 28.1 Å². The second-order valence-corrected chi connectivity index (χ2v) is 10.2.